The number of benzene rings is 1. The lowest BCUT2D eigenvalue weighted by Crippen LogP contribution is -2.19. The van der Waals surface area contributed by atoms with E-state index in [4.69, 9.17) is 0 Å². The van der Waals surface area contributed by atoms with Gasteiger partial charge in [0.1, 0.15) is 5.82 Å². The average molecular weight is 353 g/mol. The van der Waals surface area contributed by atoms with Crippen molar-refractivity contribution < 1.29 is 4.39 Å². The topological polar surface area (TPSA) is 32.3 Å². The molecule has 1 heterocycles. The summed E-state index contributed by atoms with van der Waals surface area (Å²) in [6.07, 6.45) is 1.76. The fraction of sp³-hybridized carbons (Fsp3) is 0.333. The maximum Gasteiger partial charge on any atom is 0.225 e. The van der Waals surface area contributed by atoms with Gasteiger partial charge in [0.15, 0.2) is 0 Å². The molecule has 21 heavy (non-hydrogen) atoms. The maximum absolute atomic E-state index is 13.2. The molecule has 112 valence electrons. The molecule has 2 rings (SSSR count). The first kappa shape index (κ1) is 15.9. The van der Waals surface area contributed by atoms with E-state index in [0.29, 0.717) is 17.0 Å². The van der Waals surface area contributed by atoms with Crippen molar-refractivity contribution in [1.29, 1.82) is 0 Å². The van der Waals surface area contributed by atoms with Crippen LogP contribution in [0.1, 0.15) is 11.3 Å². The van der Waals surface area contributed by atoms with Gasteiger partial charge in [-0.25, -0.2) is 14.4 Å². The smallest absolute Gasteiger partial charge is 0.225 e. The van der Waals surface area contributed by atoms with Crippen LogP contribution >= 0.6 is 15.9 Å². The third kappa shape index (κ3) is 4.47. The second-order valence-corrected chi connectivity index (χ2v) is 6.02. The van der Waals surface area contributed by atoms with Crippen molar-refractivity contribution in [3.8, 4) is 0 Å². The summed E-state index contributed by atoms with van der Waals surface area (Å²) in [4.78, 5) is 12.7. The van der Waals surface area contributed by atoms with E-state index in [1.165, 1.54) is 6.07 Å². The van der Waals surface area contributed by atoms with Gasteiger partial charge in [0.05, 0.1) is 10.2 Å². The van der Waals surface area contributed by atoms with Crippen molar-refractivity contribution in [3.05, 3.63) is 52.0 Å². The number of hydrogen-bond acceptors (Lipinski definition) is 4. The molecule has 0 aliphatic heterocycles. The summed E-state index contributed by atoms with van der Waals surface area (Å²) in [7, 11) is 5.84. The van der Waals surface area contributed by atoms with Crippen molar-refractivity contribution in [2.45, 2.75) is 13.1 Å². The molecule has 0 aliphatic rings. The van der Waals surface area contributed by atoms with Crippen molar-refractivity contribution in [2.24, 2.45) is 0 Å². The quantitative estimate of drug-likeness (QED) is 0.827. The zero-order valence-corrected chi connectivity index (χ0v) is 13.9. The van der Waals surface area contributed by atoms with E-state index >= 15 is 0 Å². The Kier molecular flexibility index (Phi) is 5.25. The summed E-state index contributed by atoms with van der Waals surface area (Å²) < 4.78 is 13.7. The van der Waals surface area contributed by atoms with Crippen molar-refractivity contribution in [3.63, 3.8) is 0 Å². The zero-order valence-electron chi connectivity index (χ0n) is 12.3. The summed E-state index contributed by atoms with van der Waals surface area (Å²) in [5, 5.41) is 0. The van der Waals surface area contributed by atoms with E-state index in [-0.39, 0.29) is 5.82 Å². The molecule has 0 amide bonds. The van der Waals surface area contributed by atoms with E-state index in [1.54, 1.807) is 18.3 Å². The summed E-state index contributed by atoms with van der Waals surface area (Å²) in [6.45, 7) is 1.43. The van der Waals surface area contributed by atoms with Gasteiger partial charge in [-0.3, -0.25) is 4.90 Å². The molecule has 0 radical (unpaired) electrons. The molecule has 0 saturated heterocycles. The molecular formula is C15H18BrFN4. The normalized spacial score (nSPS) is 11.0. The number of hydrogen-bond donors (Lipinski definition) is 0. The molecule has 0 aliphatic carbocycles. The number of halogens is 2. The Bertz CT molecular complexity index is 618. The van der Waals surface area contributed by atoms with Crippen molar-refractivity contribution in [1.82, 2.24) is 14.9 Å². The molecule has 0 unspecified atom stereocenters. The van der Waals surface area contributed by atoms with Crippen molar-refractivity contribution >= 4 is 21.9 Å². The van der Waals surface area contributed by atoms with Crippen molar-refractivity contribution in [2.75, 3.05) is 26.0 Å². The van der Waals surface area contributed by atoms with Crippen LogP contribution in [-0.2, 0) is 13.1 Å². The molecule has 0 spiro atoms. The predicted octanol–water partition coefficient (Wildman–Crippen LogP) is 3.08. The summed E-state index contributed by atoms with van der Waals surface area (Å²) in [5.74, 6) is 0.457. The van der Waals surface area contributed by atoms with Gasteiger partial charge in [0.25, 0.3) is 0 Å². The number of nitrogens with zero attached hydrogens (tertiary/aromatic N) is 4. The molecular weight excluding hydrogens is 335 g/mol. The van der Waals surface area contributed by atoms with Gasteiger partial charge >= 0.3 is 0 Å². The van der Waals surface area contributed by atoms with E-state index in [1.807, 2.05) is 32.1 Å². The molecule has 0 atom stereocenters. The highest BCUT2D eigenvalue weighted by Gasteiger charge is 2.07. The van der Waals surface area contributed by atoms with Gasteiger partial charge in [-0.05, 0) is 46.7 Å². The van der Waals surface area contributed by atoms with Crippen LogP contribution in [0.3, 0.4) is 0 Å². The fourth-order valence-electron chi connectivity index (χ4n) is 1.97. The van der Waals surface area contributed by atoms with Crippen LogP contribution < -0.4 is 4.90 Å². The first-order valence-electron chi connectivity index (χ1n) is 6.57. The minimum atomic E-state index is -0.243. The van der Waals surface area contributed by atoms with Crippen LogP contribution in [0.5, 0.6) is 0 Å². The third-order valence-corrected chi connectivity index (χ3v) is 3.58. The molecule has 0 N–H and O–H groups in total. The van der Waals surface area contributed by atoms with E-state index in [2.05, 4.69) is 30.8 Å². The maximum atomic E-state index is 13.2. The summed E-state index contributed by atoms with van der Waals surface area (Å²) in [5.41, 5.74) is 2.00. The highest BCUT2D eigenvalue weighted by atomic mass is 79.9. The van der Waals surface area contributed by atoms with Gasteiger partial charge < -0.3 is 4.90 Å². The van der Waals surface area contributed by atoms with Crippen LogP contribution in [0.15, 0.2) is 34.9 Å². The first-order chi connectivity index (χ1) is 9.95. The molecule has 1 aromatic carbocycles. The van der Waals surface area contributed by atoms with E-state index < -0.39 is 0 Å². The first-order valence-corrected chi connectivity index (χ1v) is 7.36. The predicted molar refractivity (Wildman–Crippen MR) is 85.6 cm³/mol. The Balaban J connectivity index is 2.02. The monoisotopic (exact) mass is 352 g/mol. The van der Waals surface area contributed by atoms with Crippen LogP contribution in [0.2, 0.25) is 0 Å². The van der Waals surface area contributed by atoms with Gasteiger partial charge in [0.2, 0.25) is 5.95 Å². The highest BCUT2D eigenvalue weighted by molar-refractivity contribution is 9.10. The van der Waals surface area contributed by atoms with Gasteiger partial charge in [0, 0.05) is 33.4 Å². The lowest BCUT2D eigenvalue weighted by atomic mass is 10.2. The standard InChI is InChI=1S/C15H18BrFN4/c1-20(2)15-18-7-6-12(19-15)10-21(3)9-11-4-5-14(17)13(16)8-11/h4-8H,9-10H2,1-3H3. The molecule has 6 heteroatoms. The van der Waals surface area contributed by atoms with Gasteiger partial charge in [-0.2, -0.15) is 0 Å². The van der Waals surface area contributed by atoms with Crippen LogP contribution in [-0.4, -0.2) is 36.0 Å². The largest absolute Gasteiger partial charge is 0.347 e. The lowest BCUT2D eigenvalue weighted by molar-refractivity contribution is 0.315. The Morgan fingerprint density at radius 3 is 2.57 bits per heavy atom. The Labute approximate surface area is 132 Å². The number of rotatable bonds is 5. The van der Waals surface area contributed by atoms with Crippen LogP contribution in [0.4, 0.5) is 10.3 Å². The Morgan fingerprint density at radius 2 is 1.90 bits per heavy atom. The fourth-order valence-corrected chi connectivity index (χ4v) is 2.40. The van der Waals surface area contributed by atoms with E-state index in [9.17, 15) is 4.39 Å². The lowest BCUT2D eigenvalue weighted by Gasteiger charge is -2.17. The second kappa shape index (κ2) is 6.95. The molecule has 1 aromatic heterocycles. The minimum absolute atomic E-state index is 0.243. The SMILES string of the molecule is CN(Cc1ccc(F)c(Br)c1)Cc1ccnc(N(C)C)n1. The minimum Gasteiger partial charge on any atom is -0.347 e. The second-order valence-electron chi connectivity index (χ2n) is 5.16. The molecule has 4 nitrogen and oxygen atoms in total. The molecule has 0 saturated carbocycles. The number of anilines is 1. The Morgan fingerprint density at radius 1 is 1.14 bits per heavy atom. The van der Waals surface area contributed by atoms with Crippen LogP contribution in [0, 0.1) is 5.82 Å². The number of aromatic nitrogens is 2. The Hall–Kier alpha value is -1.53. The highest BCUT2D eigenvalue weighted by Crippen LogP contribution is 2.18. The van der Waals surface area contributed by atoms with E-state index in [0.717, 1.165) is 17.8 Å². The molecule has 0 fully saturated rings. The average Bonchev–Trinajstić information content (AvgIpc) is 2.43. The molecule has 0 bridgehead atoms. The van der Waals surface area contributed by atoms with Crippen LogP contribution in [0.25, 0.3) is 0 Å². The third-order valence-electron chi connectivity index (χ3n) is 2.97. The summed E-state index contributed by atoms with van der Waals surface area (Å²) >= 11 is 3.21. The summed E-state index contributed by atoms with van der Waals surface area (Å²) in [6, 6.07) is 6.98. The molecule has 2 aromatic rings. The van der Waals surface area contributed by atoms with Gasteiger partial charge in [-0.1, -0.05) is 6.07 Å². The van der Waals surface area contributed by atoms with Gasteiger partial charge in [-0.15, -0.1) is 0 Å². The zero-order chi connectivity index (χ0) is 15.4.